The summed E-state index contributed by atoms with van der Waals surface area (Å²) in [6.07, 6.45) is 5.60. The van der Waals surface area contributed by atoms with Crippen LogP contribution in [0, 0.1) is 0 Å². The van der Waals surface area contributed by atoms with Crippen LogP contribution in [0.3, 0.4) is 0 Å². The maximum Gasteiger partial charge on any atom is 0.259 e. The Morgan fingerprint density at radius 2 is 2.11 bits per heavy atom. The fourth-order valence-corrected chi connectivity index (χ4v) is 4.26. The van der Waals surface area contributed by atoms with E-state index in [0.29, 0.717) is 5.57 Å². The maximum atomic E-state index is 13.2. The lowest BCUT2D eigenvalue weighted by Gasteiger charge is -2.19. The Balaban J connectivity index is 1.82. The highest BCUT2D eigenvalue weighted by Gasteiger charge is 2.41. The first-order valence-corrected chi connectivity index (χ1v) is 8.86. The van der Waals surface area contributed by atoms with Gasteiger partial charge in [-0.25, -0.2) is 0 Å². The van der Waals surface area contributed by atoms with E-state index in [-0.39, 0.29) is 24.3 Å². The van der Waals surface area contributed by atoms with Gasteiger partial charge in [0.15, 0.2) is 0 Å². The second kappa shape index (κ2) is 5.54. The highest BCUT2D eigenvalue weighted by Crippen LogP contribution is 2.45. The monoisotopic (exact) mass is 358 g/mol. The summed E-state index contributed by atoms with van der Waals surface area (Å²) in [5.74, 6) is -0.750. The molecule has 1 atom stereocenters. The van der Waals surface area contributed by atoms with Crippen LogP contribution in [0.15, 0.2) is 60.2 Å². The molecule has 0 radical (unpaired) electrons. The minimum Gasteiger partial charge on any atom is -0.356 e. The molecular formula is C21H18N4O2. The molecule has 0 bridgehead atoms. The molecule has 6 nitrogen and oxygen atoms in total. The van der Waals surface area contributed by atoms with Gasteiger partial charge in [0.2, 0.25) is 5.91 Å². The zero-order chi connectivity index (χ0) is 18.7. The van der Waals surface area contributed by atoms with Crippen LogP contribution in [-0.4, -0.2) is 32.8 Å². The number of carbonyl (C=O) groups excluding carboxylic acids is 2. The van der Waals surface area contributed by atoms with E-state index in [2.05, 4.69) is 27.1 Å². The molecule has 0 aliphatic carbocycles. The third-order valence-corrected chi connectivity index (χ3v) is 5.44. The van der Waals surface area contributed by atoms with Gasteiger partial charge >= 0.3 is 0 Å². The number of aromatic nitrogens is 2. The lowest BCUT2D eigenvalue weighted by Crippen LogP contribution is -2.33. The average molecular weight is 358 g/mol. The van der Waals surface area contributed by atoms with E-state index >= 15 is 0 Å². The molecule has 6 heteroatoms. The summed E-state index contributed by atoms with van der Waals surface area (Å²) in [6.45, 7) is 1.70. The minimum atomic E-state index is -0.273. The van der Waals surface area contributed by atoms with Crippen LogP contribution in [0.5, 0.6) is 0 Å². The van der Waals surface area contributed by atoms with Crippen molar-refractivity contribution in [1.82, 2.24) is 14.5 Å². The Labute approximate surface area is 156 Å². The Morgan fingerprint density at radius 3 is 2.85 bits per heavy atom. The summed E-state index contributed by atoms with van der Waals surface area (Å²) in [6, 6.07) is 9.95. The molecular weight excluding hydrogens is 340 g/mol. The quantitative estimate of drug-likeness (QED) is 0.726. The Morgan fingerprint density at radius 1 is 1.26 bits per heavy atom. The van der Waals surface area contributed by atoms with Crippen molar-refractivity contribution >= 4 is 28.4 Å². The number of rotatable bonds is 1. The molecule has 0 saturated carbocycles. The number of amides is 2. The molecule has 27 heavy (non-hydrogen) atoms. The predicted molar refractivity (Wildman–Crippen MR) is 102 cm³/mol. The summed E-state index contributed by atoms with van der Waals surface area (Å²) < 4.78 is 2.08. The molecule has 2 aliphatic rings. The first kappa shape index (κ1) is 15.8. The lowest BCUT2D eigenvalue weighted by molar-refractivity contribution is -0.139. The van der Waals surface area contributed by atoms with Crippen LogP contribution in [-0.2, 0) is 16.6 Å². The van der Waals surface area contributed by atoms with Gasteiger partial charge in [-0.15, -0.1) is 0 Å². The number of benzene rings is 1. The Kier molecular flexibility index (Phi) is 3.25. The van der Waals surface area contributed by atoms with Crippen molar-refractivity contribution in [1.29, 1.82) is 0 Å². The minimum absolute atomic E-state index is 0.233. The van der Waals surface area contributed by atoms with Gasteiger partial charge in [0.25, 0.3) is 5.91 Å². The number of anilines is 1. The van der Waals surface area contributed by atoms with E-state index < -0.39 is 0 Å². The van der Waals surface area contributed by atoms with E-state index in [1.165, 1.54) is 11.8 Å². The first-order valence-electron chi connectivity index (χ1n) is 8.86. The zero-order valence-electron chi connectivity index (χ0n) is 15.1. The van der Waals surface area contributed by atoms with E-state index in [4.69, 9.17) is 0 Å². The van der Waals surface area contributed by atoms with E-state index in [9.17, 15) is 9.59 Å². The molecule has 134 valence electrons. The van der Waals surface area contributed by atoms with Gasteiger partial charge < -0.3 is 9.88 Å². The number of pyridine rings is 1. The van der Waals surface area contributed by atoms with Crippen LogP contribution >= 0.6 is 0 Å². The molecule has 1 unspecified atom stereocenters. The summed E-state index contributed by atoms with van der Waals surface area (Å²) in [4.78, 5) is 30.7. The number of imide groups is 1. The summed E-state index contributed by atoms with van der Waals surface area (Å²) in [5, 5.41) is 4.55. The fourth-order valence-electron chi connectivity index (χ4n) is 4.26. The van der Waals surface area contributed by atoms with Gasteiger partial charge in [0.05, 0.1) is 17.6 Å². The van der Waals surface area contributed by atoms with Crippen LogP contribution in [0.4, 0.5) is 5.69 Å². The molecule has 2 aliphatic heterocycles. The average Bonchev–Trinajstić information content (AvgIpc) is 3.11. The molecule has 2 amide bonds. The maximum absolute atomic E-state index is 13.2. The number of aryl methyl sites for hydroxylation is 1. The third kappa shape index (κ3) is 2.16. The second-order valence-corrected chi connectivity index (χ2v) is 7.04. The molecule has 3 aromatic rings. The van der Waals surface area contributed by atoms with Gasteiger partial charge in [-0.2, -0.15) is 0 Å². The van der Waals surface area contributed by atoms with Crippen molar-refractivity contribution in [2.75, 3.05) is 11.9 Å². The smallest absolute Gasteiger partial charge is 0.259 e. The first-order chi connectivity index (χ1) is 13.1. The highest BCUT2D eigenvalue weighted by molar-refractivity contribution is 6.11. The van der Waals surface area contributed by atoms with Crippen LogP contribution in [0.25, 0.3) is 10.9 Å². The second-order valence-electron chi connectivity index (χ2n) is 7.04. The molecule has 1 aromatic carbocycles. The third-order valence-electron chi connectivity index (χ3n) is 5.44. The number of carbonyl (C=O) groups is 2. The number of nitrogens with one attached hydrogen (secondary N) is 1. The summed E-state index contributed by atoms with van der Waals surface area (Å²) in [7, 11) is 2.01. The van der Waals surface area contributed by atoms with Gasteiger partial charge in [-0.3, -0.25) is 19.5 Å². The van der Waals surface area contributed by atoms with Crippen molar-refractivity contribution in [3.63, 3.8) is 0 Å². The van der Waals surface area contributed by atoms with Crippen LogP contribution in [0.1, 0.15) is 24.0 Å². The summed E-state index contributed by atoms with van der Waals surface area (Å²) >= 11 is 0. The highest BCUT2D eigenvalue weighted by atomic mass is 16.2. The van der Waals surface area contributed by atoms with Crippen molar-refractivity contribution in [2.45, 2.75) is 12.8 Å². The SMILES string of the molecule is CC(=O)N1CC2=C(C1=O)C(c1cccnc1)c1cn(C)c3cccc(c13)N2. The molecule has 0 spiro atoms. The molecule has 0 saturated heterocycles. The number of hydrogen-bond acceptors (Lipinski definition) is 4. The topological polar surface area (TPSA) is 67.2 Å². The zero-order valence-corrected chi connectivity index (χ0v) is 15.1. The molecule has 2 aromatic heterocycles. The molecule has 4 heterocycles. The molecule has 5 rings (SSSR count). The fraction of sp³-hybridized carbons (Fsp3) is 0.190. The van der Waals surface area contributed by atoms with E-state index in [1.807, 2.05) is 31.3 Å². The number of hydrogen-bond donors (Lipinski definition) is 1. The van der Waals surface area contributed by atoms with Crippen molar-refractivity contribution in [3.05, 3.63) is 71.3 Å². The van der Waals surface area contributed by atoms with E-state index in [1.54, 1.807) is 12.4 Å². The van der Waals surface area contributed by atoms with Crippen molar-refractivity contribution in [3.8, 4) is 0 Å². The van der Waals surface area contributed by atoms with E-state index in [0.717, 1.165) is 33.4 Å². The molecule has 0 fully saturated rings. The largest absolute Gasteiger partial charge is 0.356 e. The van der Waals surface area contributed by atoms with Crippen LogP contribution in [0.2, 0.25) is 0 Å². The van der Waals surface area contributed by atoms with Crippen molar-refractivity contribution in [2.24, 2.45) is 7.05 Å². The normalized spacial score (nSPS) is 18.5. The Hall–Kier alpha value is -3.41. The lowest BCUT2D eigenvalue weighted by atomic mass is 9.85. The van der Waals surface area contributed by atoms with Gasteiger partial charge in [-0.1, -0.05) is 12.1 Å². The predicted octanol–water partition coefficient (Wildman–Crippen LogP) is 2.77. The van der Waals surface area contributed by atoms with Crippen LogP contribution < -0.4 is 5.32 Å². The molecule has 1 N–H and O–H groups in total. The van der Waals surface area contributed by atoms with Gasteiger partial charge in [0, 0.05) is 55.3 Å². The Bertz CT molecular complexity index is 1140. The standard InChI is InChI=1S/C21H18N4O2/c1-12(26)25-11-16-20(21(25)27)18(13-5-4-8-22-9-13)14-10-24(2)17-7-3-6-15(23-16)19(14)17/h3-10,18,23H,11H2,1-2H3. The summed E-state index contributed by atoms with van der Waals surface area (Å²) in [5.41, 5.74) is 5.46. The van der Waals surface area contributed by atoms with Crippen molar-refractivity contribution < 1.29 is 9.59 Å². The van der Waals surface area contributed by atoms with Gasteiger partial charge in [0.1, 0.15) is 0 Å². The number of nitrogens with zero attached hydrogens (tertiary/aromatic N) is 3. The van der Waals surface area contributed by atoms with Gasteiger partial charge in [-0.05, 0) is 29.3 Å².